The zero-order chi connectivity index (χ0) is 19.9. The molecule has 0 fully saturated rings. The third kappa shape index (κ3) is 4.68. The van der Waals surface area contributed by atoms with Gasteiger partial charge in [0.25, 0.3) is 5.91 Å². The summed E-state index contributed by atoms with van der Waals surface area (Å²) in [4.78, 5) is 31.0. The number of benzene rings is 2. The first-order chi connectivity index (χ1) is 13.6. The largest absolute Gasteiger partial charge is 0.465 e. The molecule has 1 aliphatic heterocycles. The van der Waals surface area contributed by atoms with Crippen molar-refractivity contribution in [1.82, 2.24) is 0 Å². The Morgan fingerprint density at radius 2 is 1.86 bits per heavy atom. The van der Waals surface area contributed by atoms with Crippen LogP contribution in [0.3, 0.4) is 0 Å². The van der Waals surface area contributed by atoms with E-state index in [-0.39, 0.29) is 5.91 Å². The van der Waals surface area contributed by atoms with Crippen LogP contribution in [-0.2, 0) is 11.2 Å². The molecule has 2 aromatic carbocycles. The number of amidine groups is 1. The molecule has 0 unspecified atom stereocenters. The molecular weight excluding hydrogens is 420 g/mol. The van der Waals surface area contributed by atoms with Crippen molar-refractivity contribution >= 4 is 39.3 Å². The Labute approximate surface area is 173 Å². The molecule has 1 amide bonds. The van der Waals surface area contributed by atoms with Gasteiger partial charge in [0.05, 0.1) is 12.7 Å². The van der Waals surface area contributed by atoms with Gasteiger partial charge in [0.2, 0.25) is 0 Å². The summed E-state index contributed by atoms with van der Waals surface area (Å²) in [6.07, 6.45) is 3.91. The maximum atomic E-state index is 12.8. The second kappa shape index (κ2) is 9.64. The van der Waals surface area contributed by atoms with Crippen LogP contribution in [0, 0.1) is 0 Å². The number of ether oxygens (including phenoxy) is 1. The molecule has 5 nitrogen and oxygen atoms in total. The van der Waals surface area contributed by atoms with Crippen LogP contribution in [0.1, 0.15) is 45.5 Å². The molecule has 0 aliphatic carbocycles. The first-order valence-corrected chi connectivity index (χ1v) is 10.5. The molecule has 0 saturated carbocycles. The number of hydrogen-bond donors (Lipinski definition) is 0. The highest BCUT2D eigenvalue weighted by Gasteiger charge is 2.25. The Morgan fingerprint density at radius 3 is 2.64 bits per heavy atom. The number of methoxy groups -OCH3 is 1. The average molecular weight is 443 g/mol. The van der Waals surface area contributed by atoms with Crippen molar-refractivity contribution in [3.05, 3.63) is 65.2 Å². The van der Waals surface area contributed by atoms with Crippen LogP contribution in [0.25, 0.3) is 0 Å². The molecule has 1 heterocycles. The van der Waals surface area contributed by atoms with Crippen LogP contribution in [0.15, 0.2) is 53.5 Å². The minimum absolute atomic E-state index is 0.342. The maximum Gasteiger partial charge on any atom is 0.337 e. The summed E-state index contributed by atoms with van der Waals surface area (Å²) in [6.45, 7) is 0.832. The molecule has 146 valence electrons. The molecule has 0 spiro atoms. The minimum Gasteiger partial charge on any atom is -0.465 e. The predicted octanol–water partition coefficient (Wildman–Crippen LogP) is 4.64. The van der Waals surface area contributed by atoms with E-state index in [0.717, 1.165) is 42.7 Å². The molecular formula is C22H23BrN2O3. The van der Waals surface area contributed by atoms with Gasteiger partial charge in [-0.15, -0.1) is 0 Å². The van der Waals surface area contributed by atoms with Gasteiger partial charge in [0.15, 0.2) is 0 Å². The lowest BCUT2D eigenvalue weighted by molar-refractivity contribution is 0.0600. The van der Waals surface area contributed by atoms with Crippen LogP contribution in [0.4, 0.5) is 5.69 Å². The number of anilines is 1. The summed E-state index contributed by atoms with van der Waals surface area (Å²) in [7, 11) is 1.32. The van der Waals surface area contributed by atoms with Gasteiger partial charge in [-0.05, 0) is 42.7 Å². The summed E-state index contributed by atoms with van der Waals surface area (Å²) in [6, 6.07) is 14.7. The van der Waals surface area contributed by atoms with Gasteiger partial charge in [0.1, 0.15) is 5.84 Å². The summed E-state index contributed by atoms with van der Waals surface area (Å²) >= 11 is 3.47. The Morgan fingerprint density at radius 1 is 1.07 bits per heavy atom. The molecule has 0 radical (unpaired) electrons. The monoisotopic (exact) mass is 442 g/mol. The quantitative estimate of drug-likeness (QED) is 0.356. The smallest absolute Gasteiger partial charge is 0.337 e. The summed E-state index contributed by atoms with van der Waals surface area (Å²) in [5.74, 6) is -0.0588. The van der Waals surface area contributed by atoms with E-state index in [1.54, 1.807) is 18.2 Å². The van der Waals surface area contributed by atoms with Gasteiger partial charge < -0.3 is 9.64 Å². The fraction of sp³-hybridized carbons (Fsp3) is 0.318. The number of carbonyl (C=O) groups is 2. The lowest BCUT2D eigenvalue weighted by atomic mass is 10.1. The zero-order valence-corrected chi connectivity index (χ0v) is 17.4. The number of unbranched alkanes of at least 4 members (excludes halogenated alkanes) is 2. The predicted molar refractivity (Wildman–Crippen MR) is 115 cm³/mol. The number of rotatable bonds is 7. The summed E-state index contributed by atoms with van der Waals surface area (Å²) in [5, 5.41) is 1.000. The fourth-order valence-corrected chi connectivity index (χ4v) is 3.69. The Kier molecular flexibility index (Phi) is 6.98. The highest BCUT2D eigenvalue weighted by atomic mass is 79.9. The second-order valence-corrected chi connectivity index (χ2v) is 7.41. The number of carbonyl (C=O) groups excluding carboxylic acids is 2. The Balaban J connectivity index is 1.83. The number of hydrogen-bond acceptors (Lipinski definition) is 3. The summed E-state index contributed by atoms with van der Waals surface area (Å²) < 4.78 is 4.73. The van der Waals surface area contributed by atoms with Crippen molar-refractivity contribution in [1.29, 1.82) is 0 Å². The standard InChI is InChI=1S/C22H23BrN2O3/c1-28-22(27)18-10-7-9-17(14-18)21(26)24-20-15-16-8-3-4-11-19(16)25(20)13-6-2-5-12-23/h3-4,7-11,14H,2,5-6,12-13,15H2,1H3. The van der Waals surface area contributed by atoms with Crippen LogP contribution in [0.5, 0.6) is 0 Å². The van der Waals surface area contributed by atoms with Gasteiger partial charge in [0, 0.05) is 29.5 Å². The summed E-state index contributed by atoms with van der Waals surface area (Å²) in [5.41, 5.74) is 3.02. The Hall–Kier alpha value is -2.47. The van der Waals surface area contributed by atoms with Crippen LogP contribution < -0.4 is 4.90 Å². The lowest BCUT2D eigenvalue weighted by Gasteiger charge is -2.20. The SMILES string of the molecule is COC(=O)c1cccc(C(=O)N=C2Cc3ccccc3N2CCCCCBr)c1. The number of para-hydroxylation sites is 1. The first-order valence-electron chi connectivity index (χ1n) is 9.35. The van der Waals surface area contributed by atoms with E-state index < -0.39 is 5.97 Å². The average Bonchev–Trinajstić information content (AvgIpc) is 3.07. The van der Waals surface area contributed by atoms with E-state index in [1.807, 2.05) is 12.1 Å². The lowest BCUT2D eigenvalue weighted by Crippen LogP contribution is -2.29. The molecule has 28 heavy (non-hydrogen) atoms. The van der Waals surface area contributed by atoms with Gasteiger partial charge in [-0.3, -0.25) is 4.79 Å². The van der Waals surface area contributed by atoms with E-state index in [4.69, 9.17) is 4.74 Å². The molecule has 1 aliphatic rings. The van der Waals surface area contributed by atoms with E-state index in [9.17, 15) is 9.59 Å². The van der Waals surface area contributed by atoms with Crippen molar-refractivity contribution in [3.8, 4) is 0 Å². The van der Waals surface area contributed by atoms with Crippen molar-refractivity contribution in [3.63, 3.8) is 0 Å². The number of nitrogens with zero attached hydrogens (tertiary/aromatic N) is 2. The normalized spacial score (nSPS) is 14.2. The number of amides is 1. The number of aliphatic imine (C=N–C) groups is 1. The van der Waals surface area contributed by atoms with Crippen LogP contribution >= 0.6 is 15.9 Å². The van der Waals surface area contributed by atoms with E-state index >= 15 is 0 Å². The third-order valence-corrected chi connectivity index (χ3v) is 5.28. The van der Waals surface area contributed by atoms with E-state index in [2.05, 4.69) is 38.0 Å². The van der Waals surface area contributed by atoms with Gasteiger partial charge >= 0.3 is 5.97 Å². The molecule has 0 aromatic heterocycles. The third-order valence-electron chi connectivity index (χ3n) is 4.72. The van der Waals surface area contributed by atoms with Gasteiger partial charge in [-0.2, -0.15) is 4.99 Å². The van der Waals surface area contributed by atoms with Crippen molar-refractivity contribution in [2.24, 2.45) is 4.99 Å². The van der Waals surface area contributed by atoms with Crippen molar-refractivity contribution in [2.75, 3.05) is 23.9 Å². The van der Waals surface area contributed by atoms with Crippen molar-refractivity contribution in [2.45, 2.75) is 25.7 Å². The van der Waals surface area contributed by atoms with E-state index in [0.29, 0.717) is 17.5 Å². The molecule has 0 bridgehead atoms. The molecule has 6 heteroatoms. The molecule has 0 N–H and O–H groups in total. The molecule has 0 atom stereocenters. The fourth-order valence-electron chi connectivity index (χ4n) is 3.30. The molecule has 0 saturated heterocycles. The Bertz CT molecular complexity index is 895. The van der Waals surface area contributed by atoms with E-state index in [1.165, 1.54) is 18.7 Å². The number of fused-ring (bicyclic) bond motifs is 1. The van der Waals surface area contributed by atoms with Gasteiger partial charge in [-0.1, -0.05) is 46.6 Å². The van der Waals surface area contributed by atoms with Crippen LogP contribution in [-0.4, -0.2) is 36.7 Å². The first kappa shape index (κ1) is 20.3. The number of alkyl halides is 1. The zero-order valence-electron chi connectivity index (χ0n) is 15.9. The van der Waals surface area contributed by atoms with Crippen molar-refractivity contribution < 1.29 is 14.3 Å². The topological polar surface area (TPSA) is 59.0 Å². The highest BCUT2D eigenvalue weighted by molar-refractivity contribution is 9.09. The highest BCUT2D eigenvalue weighted by Crippen LogP contribution is 2.30. The minimum atomic E-state index is -0.469. The van der Waals surface area contributed by atoms with Gasteiger partial charge in [-0.25, -0.2) is 4.79 Å². The molecule has 3 rings (SSSR count). The molecule has 2 aromatic rings. The number of esters is 1. The maximum absolute atomic E-state index is 12.8. The van der Waals surface area contributed by atoms with Crippen LogP contribution in [0.2, 0.25) is 0 Å². The second-order valence-electron chi connectivity index (χ2n) is 6.61. The number of halogens is 1.